The Bertz CT molecular complexity index is 897. The SMILES string of the molecule is Cc1cccc(CNC(=O)C2CCCN2S(=O)(=O)c2ccc(F)cc2)c1. The number of benzene rings is 2. The average molecular weight is 376 g/mol. The molecule has 1 saturated heterocycles. The van der Waals surface area contributed by atoms with E-state index in [1.807, 2.05) is 31.2 Å². The molecule has 1 aliphatic heterocycles. The highest BCUT2D eigenvalue weighted by Gasteiger charge is 2.39. The summed E-state index contributed by atoms with van der Waals surface area (Å²) in [5.41, 5.74) is 2.06. The quantitative estimate of drug-likeness (QED) is 0.872. The molecule has 1 amide bonds. The number of hydrogen-bond donors (Lipinski definition) is 1. The second kappa shape index (κ2) is 7.55. The van der Waals surface area contributed by atoms with Crippen LogP contribution in [-0.2, 0) is 21.4 Å². The first-order valence-electron chi connectivity index (χ1n) is 8.48. The third-order valence-electron chi connectivity index (χ3n) is 4.48. The summed E-state index contributed by atoms with van der Waals surface area (Å²) in [4.78, 5) is 12.6. The van der Waals surface area contributed by atoms with Gasteiger partial charge in [0.1, 0.15) is 11.9 Å². The Hall–Kier alpha value is -2.25. The molecule has 0 radical (unpaired) electrons. The van der Waals surface area contributed by atoms with Crippen LogP contribution in [0.15, 0.2) is 53.4 Å². The molecule has 1 aliphatic rings. The lowest BCUT2D eigenvalue weighted by Crippen LogP contribution is -2.45. The minimum absolute atomic E-state index is 0.00251. The van der Waals surface area contributed by atoms with Crippen LogP contribution in [0.3, 0.4) is 0 Å². The lowest BCUT2D eigenvalue weighted by Gasteiger charge is -2.23. The van der Waals surface area contributed by atoms with Crippen LogP contribution in [-0.4, -0.2) is 31.2 Å². The number of rotatable bonds is 5. The lowest BCUT2D eigenvalue weighted by atomic mass is 10.1. The average Bonchev–Trinajstić information content (AvgIpc) is 3.11. The fraction of sp³-hybridized carbons (Fsp3) is 0.316. The number of nitrogens with one attached hydrogen (secondary N) is 1. The minimum Gasteiger partial charge on any atom is -0.351 e. The Labute approximate surface area is 152 Å². The monoisotopic (exact) mass is 376 g/mol. The first-order valence-corrected chi connectivity index (χ1v) is 9.92. The van der Waals surface area contributed by atoms with E-state index >= 15 is 0 Å². The van der Waals surface area contributed by atoms with E-state index in [9.17, 15) is 17.6 Å². The molecule has 1 N–H and O–H groups in total. The number of carbonyl (C=O) groups is 1. The van der Waals surface area contributed by atoms with Crippen molar-refractivity contribution in [1.82, 2.24) is 9.62 Å². The molecule has 1 heterocycles. The van der Waals surface area contributed by atoms with E-state index in [2.05, 4.69) is 5.32 Å². The third-order valence-corrected chi connectivity index (χ3v) is 6.40. The van der Waals surface area contributed by atoms with Crippen LogP contribution >= 0.6 is 0 Å². The number of amides is 1. The molecular weight excluding hydrogens is 355 g/mol. The summed E-state index contributed by atoms with van der Waals surface area (Å²) in [5.74, 6) is -0.812. The summed E-state index contributed by atoms with van der Waals surface area (Å²) in [7, 11) is -3.83. The van der Waals surface area contributed by atoms with Gasteiger partial charge in [0.2, 0.25) is 15.9 Å². The zero-order valence-corrected chi connectivity index (χ0v) is 15.3. The Balaban J connectivity index is 1.72. The van der Waals surface area contributed by atoms with E-state index in [0.717, 1.165) is 23.3 Å². The summed E-state index contributed by atoms with van der Waals surface area (Å²) >= 11 is 0. The molecular formula is C19H21FN2O3S. The standard InChI is InChI=1S/C19H21FN2O3S/c1-14-4-2-5-15(12-14)13-21-19(23)18-6-3-11-22(18)26(24,25)17-9-7-16(20)8-10-17/h2,4-5,7-10,12,18H,3,6,11,13H2,1H3,(H,21,23). The number of nitrogens with zero attached hydrogens (tertiary/aromatic N) is 1. The van der Waals surface area contributed by atoms with Crippen molar-refractivity contribution in [2.24, 2.45) is 0 Å². The highest BCUT2D eigenvalue weighted by Crippen LogP contribution is 2.26. The lowest BCUT2D eigenvalue weighted by molar-refractivity contribution is -0.124. The molecule has 0 spiro atoms. The fourth-order valence-electron chi connectivity index (χ4n) is 3.16. The molecule has 0 saturated carbocycles. The first kappa shape index (κ1) is 18.5. The van der Waals surface area contributed by atoms with E-state index in [1.165, 1.54) is 16.4 Å². The first-order chi connectivity index (χ1) is 12.4. The summed E-state index contributed by atoms with van der Waals surface area (Å²) in [6.07, 6.45) is 1.09. The van der Waals surface area contributed by atoms with E-state index in [1.54, 1.807) is 0 Å². The van der Waals surface area contributed by atoms with Gasteiger partial charge in [-0.3, -0.25) is 4.79 Å². The molecule has 0 aliphatic carbocycles. The van der Waals surface area contributed by atoms with Crippen LogP contribution in [0.2, 0.25) is 0 Å². The van der Waals surface area contributed by atoms with Crippen molar-refractivity contribution in [1.29, 1.82) is 0 Å². The van der Waals surface area contributed by atoms with Crippen LogP contribution in [0, 0.1) is 12.7 Å². The molecule has 3 rings (SSSR count). The molecule has 0 aromatic heterocycles. The summed E-state index contributed by atoms with van der Waals surface area (Å²) in [5, 5.41) is 2.83. The predicted octanol–water partition coefficient (Wildman–Crippen LogP) is 2.60. The van der Waals surface area contributed by atoms with Gasteiger partial charge in [-0.2, -0.15) is 4.31 Å². The van der Waals surface area contributed by atoms with Crippen LogP contribution in [0.5, 0.6) is 0 Å². The van der Waals surface area contributed by atoms with Crippen LogP contribution < -0.4 is 5.32 Å². The molecule has 1 atom stereocenters. The van der Waals surface area contributed by atoms with Gasteiger partial charge in [-0.1, -0.05) is 29.8 Å². The third kappa shape index (κ3) is 3.94. The Morgan fingerprint density at radius 2 is 1.96 bits per heavy atom. The molecule has 1 unspecified atom stereocenters. The van der Waals surface area contributed by atoms with Gasteiger partial charge in [-0.15, -0.1) is 0 Å². The van der Waals surface area contributed by atoms with Gasteiger partial charge in [-0.05, 0) is 49.6 Å². The molecule has 2 aromatic rings. The Kier molecular flexibility index (Phi) is 5.38. The number of carbonyl (C=O) groups excluding carboxylic acids is 1. The largest absolute Gasteiger partial charge is 0.351 e. The number of hydrogen-bond acceptors (Lipinski definition) is 3. The van der Waals surface area contributed by atoms with Gasteiger partial charge in [0.05, 0.1) is 4.90 Å². The molecule has 1 fully saturated rings. The number of sulfonamides is 1. The van der Waals surface area contributed by atoms with Crippen LogP contribution in [0.4, 0.5) is 4.39 Å². The maximum atomic E-state index is 13.1. The van der Waals surface area contributed by atoms with Crippen molar-refractivity contribution in [3.05, 3.63) is 65.5 Å². The molecule has 138 valence electrons. The zero-order valence-electron chi connectivity index (χ0n) is 14.5. The van der Waals surface area contributed by atoms with Crippen molar-refractivity contribution in [3.8, 4) is 0 Å². The van der Waals surface area contributed by atoms with E-state index < -0.39 is 21.9 Å². The second-order valence-corrected chi connectivity index (χ2v) is 8.33. The van der Waals surface area contributed by atoms with Gasteiger partial charge in [0.15, 0.2) is 0 Å². The van der Waals surface area contributed by atoms with E-state index in [0.29, 0.717) is 19.4 Å². The highest BCUT2D eigenvalue weighted by molar-refractivity contribution is 7.89. The van der Waals surface area contributed by atoms with E-state index in [4.69, 9.17) is 0 Å². The topological polar surface area (TPSA) is 66.5 Å². The second-order valence-electron chi connectivity index (χ2n) is 6.43. The Morgan fingerprint density at radius 3 is 2.65 bits per heavy atom. The van der Waals surface area contributed by atoms with E-state index in [-0.39, 0.29) is 17.3 Å². The van der Waals surface area contributed by atoms with Crippen molar-refractivity contribution >= 4 is 15.9 Å². The predicted molar refractivity (Wildman–Crippen MR) is 96.3 cm³/mol. The fourth-order valence-corrected chi connectivity index (χ4v) is 4.82. The molecule has 5 nitrogen and oxygen atoms in total. The molecule has 26 heavy (non-hydrogen) atoms. The summed E-state index contributed by atoms with van der Waals surface area (Å²) in [6.45, 7) is 2.60. The number of halogens is 1. The zero-order chi connectivity index (χ0) is 18.7. The summed E-state index contributed by atoms with van der Waals surface area (Å²) < 4.78 is 39.9. The van der Waals surface area contributed by atoms with Gasteiger partial charge in [-0.25, -0.2) is 12.8 Å². The molecule has 0 bridgehead atoms. The number of aryl methyl sites for hydroxylation is 1. The normalized spacial score (nSPS) is 18.0. The van der Waals surface area contributed by atoms with Crippen molar-refractivity contribution in [2.75, 3.05) is 6.54 Å². The minimum atomic E-state index is -3.83. The maximum Gasteiger partial charge on any atom is 0.243 e. The van der Waals surface area contributed by atoms with Gasteiger partial charge in [0.25, 0.3) is 0 Å². The molecule has 7 heteroatoms. The van der Waals surface area contributed by atoms with Crippen LogP contribution in [0.1, 0.15) is 24.0 Å². The van der Waals surface area contributed by atoms with Gasteiger partial charge >= 0.3 is 0 Å². The van der Waals surface area contributed by atoms with Crippen LogP contribution in [0.25, 0.3) is 0 Å². The molecule has 2 aromatic carbocycles. The van der Waals surface area contributed by atoms with Crippen molar-refractivity contribution in [3.63, 3.8) is 0 Å². The van der Waals surface area contributed by atoms with Gasteiger partial charge < -0.3 is 5.32 Å². The highest BCUT2D eigenvalue weighted by atomic mass is 32.2. The van der Waals surface area contributed by atoms with Crippen molar-refractivity contribution < 1.29 is 17.6 Å². The smallest absolute Gasteiger partial charge is 0.243 e. The van der Waals surface area contributed by atoms with Crippen molar-refractivity contribution in [2.45, 2.75) is 37.2 Å². The summed E-state index contributed by atoms with van der Waals surface area (Å²) in [6, 6.07) is 11.7. The maximum absolute atomic E-state index is 13.1. The van der Waals surface area contributed by atoms with Gasteiger partial charge in [0, 0.05) is 13.1 Å². The Morgan fingerprint density at radius 1 is 1.23 bits per heavy atom.